The standard InChI is InChI=1S/C18H26FN3O2/c1-13(2)20-18(24)22-11-9-16(10-12-22)21-17(23)8-5-14-3-6-15(19)7-4-14/h3-4,6-7,13,16H,5,8-12H2,1-2H3,(H,20,24)(H,21,23). The Hall–Kier alpha value is -2.11. The molecule has 2 rings (SSSR count). The molecule has 0 unspecified atom stereocenters. The molecule has 6 heteroatoms. The first-order chi connectivity index (χ1) is 11.4. The van der Waals surface area contributed by atoms with E-state index in [0.717, 1.165) is 18.4 Å². The third-order valence-corrected chi connectivity index (χ3v) is 4.11. The van der Waals surface area contributed by atoms with Crippen molar-refractivity contribution in [2.45, 2.75) is 51.6 Å². The number of likely N-dealkylation sites (tertiary alicyclic amines) is 1. The summed E-state index contributed by atoms with van der Waals surface area (Å²) >= 11 is 0. The van der Waals surface area contributed by atoms with Gasteiger partial charge in [-0.1, -0.05) is 12.1 Å². The molecule has 0 spiro atoms. The van der Waals surface area contributed by atoms with Gasteiger partial charge >= 0.3 is 6.03 Å². The Kier molecular flexibility index (Phi) is 6.58. The van der Waals surface area contributed by atoms with Crippen LogP contribution in [0.2, 0.25) is 0 Å². The Balaban J connectivity index is 1.68. The number of piperidine rings is 1. The van der Waals surface area contributed by atoms with E-state index in [-0.39, 0.29) is 29.8 Å². The van der Waals surface area contributed by atoms with E-state index in [1.54, 1.807) is 17.0 Å². The molecular formula is C18H26FN3O2. The Morgan fingerprint density at radius 3 is 2.42 bits per heavy atom. The van der Waals surface area contributed by atoms with Gasteiger partial charge in [-0.05, 0) is 50.8 Å². The SMILES string of the molecule is CC(C)NC(=O)N1CCC(NC(=O)CCc2ccc(F)cc2)CC1. The monoisotopic (exact) mass is 335 g/mol. The van der Waals surface area contributed by atoms with Crippen LogP contribution in [0, 0.1) is 5.82 Å². The van der Waals surface area contributed by atoms with Crippen molar-refractivity contribution in [3.8, 4) is 0 Å². The number of nitrogens with one attached hydrogen (secondary N) is 2. The molecule has 0 radical (unpaired) electrons. The molecule has 1 heterocycles. The summed E-state index contributed by atoms with van der Waals surface area (Å²) in [5.74, 6) is -0.263. The number of carbonyl (C=O) groups is 2. The number of carbonyl (C=O) groups excluding carboxylic acids is 2. The Morgan fingerprint density at radius 1 is 1.21 bits per heavy atom. The minimum atomic E-state index is -0.267. The fraction of sp³-hybridized carbons (Fsp3) is 0.556. The normalized spacial score (nSPS) is 15.4. The number of amides is 3. The highest BCUT2D eigenvalue weighted by molar-refractivity contribution is 5.77. The fourth-order valence-corrected chi connectivity index (χ4v) is 2.77. The third-order valence-electron chi connectivity index (χ3n) is 4.11. The molecule has 1 aromatic carbocycles. The molecule has 1 saturated heterocycles. The topological polar surface area (TPSA) is 61.4 Å². The van der Waals surface area contributed by atoms with E-state index in [1.165, 1.54) is 12.1 Å². The van der Waals surface area contributed by atoms with E-state index in [1.807, 2.05) is 13.8 Å². The second-order valence-corrected chi connectivity index (χ2v) is 6.56. The van der Waals surface area contributed by atoms with Crippen LogP contribution in [0.15, 0.2) is 24.3 Å². The molecule has 1 aliphatic heterocycles. The predicted molar refractivity (Wildman–Crippen MR) is 91.1 cm³/mol. The first kappa shape index (κ1) is 18.2. The highest BCUT2D eigenvalue weighted by Gasteiger charge is 2.23. The Bertz CT molecular complexity index is 552. The molecule has 1 fully saturated rings. The third kappa shape index (κ3) is 5.83. The number of benzene rings is 1. The van der Waals surface area contributed by atoms with Gasteiger partial charge in [0.05, 0.1) is 0 Å². The number of halogens is 1. The zero-order chi connectivity index (χ0) is 17.5. The molecule has 0 saturated carbocycles. The molecule has 3 amide bonds. The first-order valence-electron chi connectivity index (χ1n) is 8.53. The van der Waals surface area contributed by atoms with E-state index in [2.05, 4.69) is 10.6 Å². The largest absolute Gasteiger partial charge is 0.353 e. The zero-order valence-electron chi connectivity index (χ0n) is 14.3. The maximum absolute atomic E-state index is 12.8. The van der Waals surface area contributed by atoms with E-state index < -0.39 is 0 Å². The summed E-state index contributed by atoms with van der Waals surface area (Å²) in [4.78, 5) is 25.7. The summed E-state index contributed by atoms with van der Waals surface area (Å²) in [6.45, 7) is 5.18. The van der Waals surface area contributed by atoms with Crippen LogP contribution in [0.3, 0.4) is 0 Å². The van der Waals surface area contributed by atoms with Crippen molar-refractivity contribution in [2.24, 2.45) is 0 Å². The minimum Gasteiger partial charge on any atom is -0.353 e. The summed E-state index contributed by atoms with van der Waals surface area (Å²) in [6.07, 6.45) is 2.53. The minimum absolute atomic E-state index is 0.00408. The van der Waals surface area contributed by atoms with Gasteiger partial charge in [-0.15, -0.1) is 0 Å². The smallest absolute Gasteiger partial charge is 0.317 e. The molecule has 1 aromatic rings. The molecule has 1 aliphatic rings. The van der Waals surface area contributed by atoms with Crippen LogP contribution in [-0.2, 0) is 11.2 Å². The van der Waals surface area contributed by atoms with Crippen LogP contribution in [0.25, 0.3) is 0 Å². The molecule has 132 valence electrons. The molecule has 0 aromatic heterocycles. The second kappa shape index (κ2) is 8.66. The van der Waals surface area contributed by atoms with Crippen molar-refractivity contribution in [1.29, 1.82) is 0 Å². The van der Waals surface area contributed by atoms with Gasteiger partial charge in [0.25, 0.3) is 0 Å². The Morgan fingerprint density at radius 2 is 1.83 bits per heavy atom. The number of hydrogen-bond donors (Lipinski definition) is 2. The molecular weight excluding hydrogens is 309 g/mol. The van der Waals surface area contributed by atoms with Gasteiger partial charge in [-0.3, -0.25) is 4.79 Å². The van der Waals surface area contributed by atoms with Gasteiger partial charge in [0, 0.05) is 31.6 Å². The van der Waals surface area contributed by atoms with E-state index in [0.29, 0.717) is 25.9 Å². The van der Waals surface area contributed by atoms with Crippen molar-refractivity contribution in [2.75, 3.05) is 13.1 Å². The van der Waals surface area contributed by atoms with Gasteiger partial charge in [-0.2, -0.15) is 0 Å². The maximum atomic E-state index is 12.8. The Labute approximate surface area is 142 Å². The first-order valence-corrected chi connectivity index (χ1v) is 8.53. The summed E-state index contributed by atoms with van der Waals surface area (Å²) in [5, 5.41) is 5.91. The summed E-state index contributed by atoms with van der Waals surface area (Å²) < 4.78 is 12.8. The molecule has 0 aliphatic carbocycles. The lowest BCUT2D eigenvalue weighted by molar-refractivity contribution is -0.122. The molecule has 0 atom stereocenters. The average molecular weight is 335 g/mol. The molecule has 0 bridgehead atoms. The fourth-order valence-electron chi connectivity index (χ4n) is 2.77. The van der Waals surface area contributed by atoms with Gasteiger partial charge in [0.15, 0.2) is 0 Å². The van der Waals surface area contributed by atoms with Crippen molar-refractivity contribution in [3.63, 3.8) is 0 Å². The number of nitrogens with zero attached hydrogens (tertiary/aromatic N) is 1. The number of urea groups is 1. The molecule has 24 heavy (non-hydrogen) atoms. The lowest BCUT2D eigenvalue weighted by Gasteiger charge is -2.33. The van der Waals surface area contributed by atoms with E-state index in [9.17, 15) is 14.0 Å². The highest BCUT2D eigenvalue weighted by atomic mass is 19.1. The van der Waals surface area contributed by atoms with Crippen LogP contribution in [0.5, 0.6) is 0 Å². The quantitative estimate of drug-likeness (QED) is 0.868. The van der Waals surface area contributed by atoms with Crippen molar-refractivity contribution in [3.05, 3.63) is 35.6 Å². The van der Waals surface area contributed by atoms with Crippen LogP contribution < -0.4 is 10.6 Å². The summed E-state index contributed by atoms with van der Waals surface area (Å²) in [5.41, 5.74) is 0.951. The van der Waals surface area contributed by atoms with Crippen LogP contribution in [0.1, 0.15) is 38.7 Å². The van der Waals surface area contributed by atoms with Crippen LogP contribution in [0.4, 0.5) is 9.18 Å². The van der Waals surface area contributed by atoms with Crippen molar-refractivity contribution < 1.29 is 14.0 Å². The van der Waals surface area contributed by atoms with Gasteiger partial charge in [0.1, 0.15) is 5.82 Å². The second-order valence-electron chi connectivity index (χ2n) is 6.56. The summed E-state index contributed by atoms with van der Waals surface area (Å²) in [7, 11) is 0. The molecule has 2 N–H and O–H groups in total. The van der Waals surface area contributed by atoms with Gasteiger partial charge in [0.2, 0.25) is 5.91 Å². The highest BCUT2D eigenvalue weighted by Crippen LogP contribution is 2.11. The maximum Gasteiger partial charge on any atom is 0.317 e. The van der Waals surface area contributed by atoms with Crippen LogP contribution in [-0.4, -0.2) is 42.0 Å². The lowest BCUT2D eigenvalue weighted by Crippen LogP contribution is -2.50. The lowest BCUT2D eigenvalue weighted by atomic mass is 10.0. The van der Waals surface area contributed by atoms with Gasteiger partial charge < -0.3 is 15.5 Å². The van der Waals surface area contributed by atoms with Crippen LogP contribution >= 0.6 is 0 Å². The van der Waals surface area contributed by atoms with E-state index >= 15 is 0 Å². The number of aryl methyl sites for hydroxylation is 1. The number of hydrogen-bond acceptors (Lipinski definition) is 2. The van der Waals surface area contributed by atoms with Crippen molar-refractivity contribution in [1.82, 2.24) is 15.5 Å². The van der Waals surface area contributed by atoms with Crippen molar-refractivity contribution >= 4 is 11.9 Å². The van der Waals surface area contributed by atoms with E-state index in [4.69, 9.17) is 0 Å². The number of rotatable bonds is 5. The molecule has 5 nitrogen and oxygen atoms in total. The predicted octanol–water partition coefficient (Wildman–Crippen LogP) is 2.46. The average Bonchev–Trinajstić information content (AvgIpc) is 2.54. The zero-order valence-corrected chi connectivity index (χ0v) is 14.3. The summed E-state index contributed by atoms with van der Waals surface area (Å²) in [6, 6.07) is 6.43. The van der Waals surface area contributed by atoms with Gasteiger partial charge in [-0.25, -0.2) is 9.18 Å².